The molecule has 12 rings (SSSR count). The lowest BCUT2D eigenvalue weighted by atomic mass is 9.67. The summed E-state index contributed by atoms with van der Waals surface area (Å²) in [5, 5.41) is 4.79. The summed E-state index contributed by atoms with van der Waals surface area (Å²) < 4.78 is 4.70. The van der Waals surface area contributed by atoms with Gasteiger partial charge in [0.2, 0.25) is 0 Å². The van der Waals surface area contributed by atoms with Gasteiger partial charge in [-0.3, -0.25) is 15.0 Å². The van der Waals surface area contributed by atoms with Crippen LogP contribution < -0.4 is 0 Å². The highest BCUT2D eigenvalue weighted by molar-refractivity contribution is 6.18. The van der Waals surface area contributed by atoms with Gasteiger partial charge in [-0.05, 0) is 101 Å². The number of hydrogen-bond acceptors (Lipinski definition) is 3. The zero-order valence-corrected chi connectivity index (χ0v) is 31.0. The lowest BCUT2D eigenvalue weighted by molar-refractivity contribution is 0.725. The number of benzene rings is 5. The lowest BCUT2D eigenvalue weighted by Crippen LogP contribution is -2.30. The number of allylic oxidation sites excluding steroid dienone is 4. The largest absolute Gasteiger partial charge is 0.309 e. The lowest BCUT2D eigenvalue weighted by Gasteiger charge is -2.34. The van der Waals surface area contributed by atoms with E-state index in [2.05, 4.69) is 177 Å². The molecule has 5 heteroatoms. The van der Waals surface area contributed by atoms with Gasteiger partial charge in [0.25, 0.3) is 0 Å². The Morgan fingerprint density at radius 3 is 2.02 bits per heavy atom. The molecule has 5 aromatic heterocycles. The Kier molecular flexibility index (Phi) is 6.90. The minimum Gasteiger partial charge on any atom is -0.309 e. The molecule has 0 N–H and O–H groups in total. The topological polar surface area (TPSA) is 48.5 Å². The maximum atomic E-state index is 5.23. The van der Waals surface area contributed by atoms with Crippen molar-refractivity contribution in [3.8, 4) is 33.6 Å². The minimum absolute atomic E-state index is 0.506. The van der Waals surface area contributed by atoms with Crippen molar-refractivity contribution in [2.45, 2.75) is 18.3 Å². The van der Waals surface area contributed by atoms with Crippen LogP contribution in [0, 0.1) is 0 Å². The highest BCUT2D eigenvalue weighted by Gasteiger charge is 2.49. The van der Waals surface area contributed by atoms with Gasteiger partial charge in [-0.2, -0.15) is 0 Å². The predicted octanol–water partition coefficient (Wildman–Crippen LogP) is 12.3. The molecule has 0 radical (unpaired) electrons. The number of fused-ring (bicyclic) bond motifs is 10. The van der Waals surface area contributed by atoms with Gasteiger partial charge in [0.05, 0.1) is 39.4 Å². The third-order valence-electron chi connectivity index (χ3n) is 12.3. The standard InChI is InChI=1S/C52H35N5/c1-3-10-36(11-4-1)52(37-12-5-2-6-13-37)44-25-26-47-50(49(44)42-15-9-29-55-51(42)52)41-14-7-8-16-45(41)56(47)38-21-17-34(18-22-38)35-19-23-39(24-20-35)57-46-28-31-53-32-43(46)40-27-30-54-33-48(40)57/h1,3-5,7-33H,2,6H2. The Bertz CT molecular complexity index is 3220. The van der Waals surface area contributed by atoms with E-state index in [1.165, 1.54) is 60.8 Å². The zero-order chi connectivity index (χ0) is 37.5. The Morgan fingerprint density at radius 1 is 0.509 bits per heavy atom. The first kappa shape index (κ1) is 31.9. The molecule has 0 spiro atoms. The van der Waals surface area contributed by atoms with Crippen LogP contribution in [-0.2, 0) is 5.41 Å². The monoisotopic (exact) mass is 729 g/mol. The maximum Gasteiger partial charge on any atom is 0.0883 e. The molecule has 0 saturated heterocycles. The molecular formula is C52H35N5. The highest BCUT2D eigenvalue weighted by atomic mass is 15.0. The number of pyridine rings is 3. The molecular weight excluding hydrogens is 695 g/mol. The van der Waals surface area contributed by atoms with Crippen LogP contribution in [0.3, 0.4) is 0 Å². The van der Waals surface area contributed by atoms with Crippen LogP contribution in [0.15, 0.2) is 194 Å². The van der Waals surface area contributed by atoms with Crippen LogP contribution in [0.5, 0.6) is 0 Å². The van der Waals surface area contributed by atoms with Gasteiger partial charge < -0.3 is 9.13 Å². The van der Waals surface area contributed by atoms with Crippen molar-refractivity contribution in [1.82, 2.24) is 24.1 Å². The molecule has 1 atom stereocenters. The average molecular weight is 730 g/mol. The average Bonchev–Trinajstić information content (AvgIpc) is 3.92. The number of hydrogen-bond donors (Lipinski definition) is 0. The summed E-state index contributed by atoms with van der Waals surface area (Å²) in [6.07, 6.45) is 18.7. The van der Waals surface area contributed by atoms with Gasteiger partial charge in [0.1, 0.15) is 0 Å². The molecule has 5 heterocycles. The second-order valence-corrected chi connectivity index (χ2v) is 15.1. The van der Waals surface area contributed by atoms with Crippen molar-refractivity contribution in [1.29, 1.82) is 0 Å². The Morgan fingerprint density at radius 2 is 1.23 bits per heavy atom. The number of aromatic nitrogens is 5. The summed E-state index contributed by atoms with van der Waals surface area (Å²) >= 11 is 0. The van der Waals surface area contributed by atoms with Gasteiger partial charge >= 0.3 is 0 Å². The molecule has 268 valence electrons. The maximum absolute atomic E-state index is 5.23. The first-order valence-electron chi connectivity index (χ1n) is 19.7. The smallest absolute Gasteiger partial charge is 0.0883 e. The van der Waals surface area contributed by atoms with Gasteiger partial charge in [0.15, 0.2) is 0 Å². The van der Waals surface area contributed by atoms with Crippen LogP contribution in [-0.4, -0.2) is 24.1 Å². The van der Waals surface area contributed by atoms with E-state index in [1.54, 1.807) is 0 Å². The van der Waals surface area contributed by atoms with Crippen molar-refractivity contribution < 1.29 is 0 Å². The molecule has 1 unspecified atom stereocenters. The van der Waals surface area contributed by atoms with E-state index < -0.39 is 5.41 Å². The van der Waals surface area contributed by atoms with Crippen molar-refractivity contribution in [2.75, 3.05) is 0 Å². The number of nitrogens with zero attached hydrogens (tertiary/aromatic N) is 5. The van der Waals surface area contributed by atoms with E-state index >= 15 is 0 Å². The summed E-state index contributed by atoms with van der Waals surface area (Å²) in [5.41, 5.74) is 16.1. The molecule has 10 aromatic rings. The van der Waals surface area contributed by atoms with Crippen molar-refractivity contribution in [2.24, 2.45) is 0 Å². The van der Waals surface area contributed by atoms with E-state index in [0.29, 0.717) is 0 Å². The molecule has 0 saturated carbocycles. The van der Waals surface area contributed by atoms with Gasteiger partial charge in [0, 0.05) is 63.3 Å². The summed E-state index contributed by atoms with van der Waals surface area (Å²) in [6.45, 7) is 0. The van der Waals surface area contributed by atoms with E-state index in [0.717, 1.165) is 51.7 Å². The predicted molar refractivity (Wildman–Crippen MR) is 232 cm³/mol. The van der Waals surface area contributed by atoms with Crippen LogP contribution in [0.1, 0.15) is 29.7 Å². The van der Waals surface area contributed by atoms with Crippen molar-refractivity contribution in [3.63, 3.8) is 0 Å². The fourth-order valence-electron chi connectivity index (χ4n) is 9.89. The Labute approximate surface area is 329 Å². The van der Waals surface area contributed by atoms with Crippen LogP contribution in [0.4, 0.5) is 0 Å². The SMILES string of the molecule is C1=CC(C2(c3ccccc3)c3ccc4c(c3-c3cccnc32)c2ccccc2n4-c2ccc(-c3ccc(-n4c5ccncc5c5ccncc54)cc3)cc2)=CCC1. The van der Waals surface area contributed by atoms with E-state index in [4.69, 9.17) is 4.98 Å². The molecule has 0 bridgehead atoms. The summed E-state index contributed by atoms with van der Waals surface area (Å²) in [7, 11) is 0. The molecule has 0 fully saturated rings. The molecule has 5 nitrogen and oxygen atoms in total. The highest BCUT2D eigenvalue weighted by Crippen LogP contribution is 2.59. The second-order valence-electron chi connectivity index (χ2n) is 15.1. The Hall–Kier alpha value is -7.37. The molecule has 0 aliphatic heterocycles. The first-order valence-corrected chi connectivity index (χ1v) is 19.7. The minimum atomic E-state index is -0.506. The third-order valence-corrected chi connectivity index (χ3v) is 12.3. The van der Waals surface area contributed by atoms with E-state index in [-0.39, 0.29) is 0 Å². The van der Waals surface area contributed by atoms with Crippen molar-refractivity contribution in [3.05, 3.63) is 211 Å². The number of rotatable bonds is 5. The van der Waals surface area contributed by atoms with E-state index in [9.17, 15) is 0 Å². The molecule has 2 aliphatic rings. The first-order chi connectivity index (χ1) is 28.3. The van der Waals surface area contributed by atoms with Crippen LogP contribution in [0.25, 0.3) is 77.2 Å². The number of para-hydroxylation sites is 1. The third kappa shape index (κ3) is 4.48. The van der Waals surface area contributed by atoms with Gasteiger partial charge in [-0.1, -0.05) is 103 Å². The molecule has 57 heavy (non-hydrogen) atoms. The summed E-state index contributed by atoms with van der Waals surface area (Å²) in [4.78, 5) is 14.1. The fraction of sp³-hybridized carbons (Fsp3) is 0.0577. The summed E-state index contributed by atoms with van der Waals surface area (Å²) in [5.74, 6) is 0. The molecule has 0 amide bonds. The van der Waals surface area contributed by atoms with Crippen molar-refractivity contribution >= 4 is 43.6 Å². The normalized spacial score (nSPS) is 16.0. The molecule has 2 aliphatic carbocycles. The summed E-state index contributed by atoms with van der Waals surface area (Å²) in [6, 6.07) is 50.9. The second kappa shape index (κ2) is 12.3. The Balaban J connectivity index is 1.00. The van der Waals surface area contributed by atoms with Gasteiger partial charge in [-0.25, -0.2) is 0 Å². The fourth-order valence-corrected chi connectivity index (χ4v) is 9.89. The molecule has 5 aromatic carbocycles. The van der Waals surface area contributed by atoms with Crippen LogP contribution in [0.2, 0.25) is 0 Å². The zero-order valence-electron chi connectivity index (χ0n) is 31.0. The van der Waals surface area contributed by atoms with Crippen LogP contribution >= 0.6 is 0 Å². The van der Waals surface area contributed by atoms with E-state index in [1.807, 2.05) is 31.0 Å². The van der Waals surface area contributed by atoms with Gasteiger partial charge in [-0.15, -0.1) is 0 Å². The quantitative estimate of drug-likeness (QED) is 0.177.